The highest BCUT2D eigenvalue weighted by molar-refractivity contribution is 6.20. The smallest absolute Gasteiger partial charge is 0.415 e. The summed E-state index contributed by atoms with van der Waals surface area (Å²) in [4.78, 5) is 182. The number of aromatic nitrogens is 4. The highest BCUT2D eigenvalue weighted by Gasteiger charge is 2.41. The molecular formula is C107H123Cl2N15O23. The third-order valence-corrected chi connectivity index (χ3v) is 25.8. The monoisotopic (exact) mass is 2060 g/mol. The fraction of sp³-hybridized carbons (Fsp3) is 0.383. The standard InChI is InChI=1S/C63H72ClN9O13.C44H51ClN6O10/c1-39(2)58(68(4)5)51(76)32-43(11-7-8-25-72-54(77)23-24-55(72)78)60(80)65-45-17-13-41(14-18-45)38-85-62(82)69(6)26-27-70(28-30-84-31-29-74)63(83)86-52-33-50-57(56-40(3)10-9-12-48(52)56)44(34-64)35-73(50)61(81)49-37-71-36-46(19-22-53(71)67-49)66-59(79)42-15-20-47(75)21-16-42;1-28-8-7-9-33-36(60-43(56)49(18-20-58-21-19-52)17-16-48(5)42(55)61-44(2,3)4)22-35-39(38(28)33)30(23-45)24-51(35)41(54)34-26-50-25-31(12-15-37(50)47-34)46-40(53)29-10-13-32(14-11-29)59-27-57-6/h9-10,12-24,33,36-37,39,43-44,58,74-75H,7-8,11,25-32,34-35,38H2,1-6H3,(H,65,80)(H,66,79);7-15,22,25-26,30,52H,16-21,23-24,27H2,1-6H3,(H,46,53)/t43-,44-,58+;30-/m11/s1. The van der Waals surface area contributed by atoms with E-state index in [2.05, 4.69) is 25.9 Å². The van der Waals surface area contributed by atoms with Crippen LogP contribution in [0.4, 0.5) is 47.6 Å². The number of carbonyl (C=O) groups is 12. The first-order chi connectivity index (χ1) is 70.4. The number of aliphatic hydroxyl groups is 2. The van der Waals surface area contributed by atoms with Gasteiger partial charge in [0.15, 0.2) is 12.6 Å². The number of hydrogen-bond acceptors (Lipinski definition) is 26. The molecule has 4 atom stereocenters. The van der Waals surface area contributed by atoms with Gasteiger partial charge in [-0.3, -0.25) is 48.2 Å². The molecule has 0 fully saturated rings. The minimum Gasteiger partial charge on any atom is -0.508 e. The first-order valence-corrected chi connectivity index (χ1v) is 49.3. The number of fused-ring (bicyclic) bond motifs is 8. The molecule has 0 unspecified atom stereocenters. The maximum atomic E-state index is 14.6. The van der Waals surface area contributed by atoms with Gasteiger partial charge in [0, 0.05) is 193 Å². The molecule has 778 valence electrons. The maximum absolute atomic E-state index is 14.6. The summed E-state index contributed by atoms with van der Waals surface area (Å²) in [6.45, 7) is 13.9. The number of phenols is 1. The number of carbonyl (C=O) groups excluding carboxylic acids is 12. The predicted molar refractivity (Wildman–Crippen MR) is 554 cm³/mol. The van der Waals surface area contributed by atoms with Crippen molar-refractivity contribution in [1.29, 1.82) is 0 Å². The van der Waals surface area contributed by atoms with E-state index in [0.29, 0.717) is 92.2 Å². The van der Waals surface area contributed by atoms with Crippen LogP contribution >= 0.6 is 23.2 Å². The van der Waals surface area contributed by atoms with Crippen molar-refractivity contribution < 1.29 is 111 Å². The van der Waals surface area contributed by atoms with E-state index in [4.69, 9.17) is 61.1 Å². The summed E-state index contributed by atoms with van der Waals surface area (Å²) in [6, 6.07) is 40.1. The molecule has 40 heteroatoms. The Hall–Kier alpha value is -14.6. The number of pyridine rings is 2. The van der Waals surface area contributed by atoms with E-state index < -0.39 is 59.7 Å². The Morgan fingerprint density at radius 3 is 1.48 bits per heavy atom. The molecule has 38 nitrogen and oxygen atoms in total. The molecule has 0 spiro atoms. The molecule has 0 aliphatic carbocycles. The number of anilines is 5. The zero-order chi connectivity index (χ0) is 106. The Labute approximate surface area is 860 Å². The Bertz CT molecular complexity index is 6640. The zero-order valence-corrected chi connectivity index (χ0v) is 85.6. The molecule has 11 amide bonds. The number of ether oxygens (including phenoxy) is 8. The number of methoxy groups -OCH3 is 1. The fourth-order valence-corrected chi connectivity index (χ4v) is 18.2. The normalized spacial score (nSPS) is 14.1. The second-order valence-corrected chi connectivity index (χ2v) is 38.0. The number of likely N-dealkylation sites (N-methyl/N-ethyl adjacent to an activating group) is 3. The summed E-state index contributed by atoms with van der Waals surface area (Å²) in [5.74, 6) is -2.53. The lowest BCUT2D eigenvalue weighted by Crippen LogP contribution is -2.43. The van der Waals surface area contributed by atoms with Crippen molar-refractivity contribution in [2.75, 3.05) is 178 Å². The second kappa shape index (κ2) is 50.4. The van der Waals surface area contributed by atoms with Crippen LogP contribution in [-0.2, 0) is 49.5 Å². The van der Waals surface area contributed by atoms with Gasteiger partial charge in [0.25, 0.3) is 35.4 Å². The number of alkyl halides is 2. The Morgan fingerprint density at radius 1 is 0.551 bits per heavy atom. The molecule has 7 heterocycles. The number of ketones is 1. The summed E-state index contributed by atoms with van der Waals surface area (Å²) in [5, 5.41) is 39.8. The van der Waals surface area contributed by atoms with Crippen LogP contribution in [0, 0.1) is 25.7 Å². The van der Waals surface area contributed by atoms with E-state index >= 15 is 0 Å². The van der Waals surface area contributed by atoms with Gasteiger partial charge in [0.1, 0.15) is 57.9 Å². The van der Waals surface area contributed by atoms with Crippen molar-refractivity contribution in [1.82, 2.24) is 48.2 Å². The number of unbranched alkanes of at least 4 members (excludes halogenated alkanes) is 1. The number of rotatable bonds is 43. The Kier molecular flexibility index (Phi) is 37.6. The van der Waals surface area contributed by atoms with Gasteiger partial charge >= 0.3 is 24.4 Å². The minimum absolute atomic E-state index is 0.00404. The SMILES string of the molecule is COCOc1ccc(C(=O)Nc2ccc3nc(C(=O)N4C[C@@H](CCl)c5c4cc(OC(=O)N(CCOCCO)CCN(C)C(=O)OC(C)(C)C)c4cccc(C)c54)cn3c2)cc1.Cc1cccc2c(OC(=O)N(CCOCCO)CCN(C)C(=O)OCc3ccc(NC(=O)[C@H](CCCCN4C(=O)C=CC4=O)CC(=O)[C@H](C(C)C)N(C)C)cc3)cc3c(c12)[C@H](CCl)CN3C(=O)c1cn2cc(NC(=O)c3ccc(O)cc3)ccc2n1. The highest BCUT2D eigenvalue weighted by atomic mass is 35.5. The molecule has 11 aromatic rings. The van der Waals surface area contributed by atoms with Gasteiger partial charge in [-0.25, -0.2) is 29.1 Å². The quantitative estimate of drug-likeness (QED) is 0.00894. The summed E-state index contributed by atoms with van der Waals surface area (Å²) in [7, 11) is 8.28. The molecular weight excluding hydrogens is 1930 g/mol. The van der Waals surface area contributed by atoms with Crippen LogP contribution in [0.5, 0.6) is 23.0 Å². The molecule has 6 N–H and O–H groups in total. The Balaban J connectivity index is 0.000000260. The number of aliphatic hydroxyl groups excluding tert-OH is 2. The first-order valence-electron chi connectivity index (χ1n) is 48.2. The number of phenolic OH excluding ortho intramolecular Hbond substituents is 1. The largest absolute Gasteiger partial charge is 0.508 e. The van der Waals surface area contributed by atoms with Gasteiger partial charge in [-0.15, -0.1) is 23.2 Å². The van der Waals surface area contributed by atoms with Crippen molar-refractivity contribution in [2.24, 2.45) is 11.8 Å². The van der Waals surface area contributed by atoms with Gasteiger partial charge in [0.05, 0.1) is 68.4 Å². The molecule has 147 heavy (non-hydrogen) atoms. The Morgan fingerprint density at radius 2 is 1.03 bits per heavy atom. The van der Waals surface area contributed by atoms with E-state index in [1.165, 1.54) is 70.2 Å². The van der Waals surface area contributed by atoms with E-state index in [9.17, 15) is 72.9 Å². The number of imide groups is 1. The summed E-state index contributed by atoms with van der Waals surface area (Å²) in [5.41, 5.74) is 7.72. The molecule has 3 aliphatic rings. The predicted octanol–water partition coefficient (Wildman–Crippen LogP) is 14.7. The summed E-state index contributed by atoms with van der Waals surface area (Å²) < 4.78 is 48.1. The van der Waals surface area contributed by atoms with Crippen molar-refractivity contribution in [3.63, 3.8) is 0 Å². The average Bonchev–Trinajstić information content (AvgIpc) is 1.59. The van der Waals surface area contributed by atoms with Gasteiger partial charge in [-0.05, 0) is 191 Å². The molecule has 4 aromatic heterocycles. The van der Waals surface area contributed by atoms with Crippen LogP contribution in [-0.4, -0.2) is 299 Å². The topological polar surface area (TPSA) is 436 Å². The highest BCUT2D eigenvalue weighted by Crippen LogP contribution is 2.50. The molecule has 0 bridgehead atoms. The second-order valence-electron chi connectivity index (χ2n) is 37.4. The third kappa shape index (κ3) is 27.8. The molecule has 3 aliphatic heterocycles. The van der Waals surface area contributed by atoms with Crippen LogP contribution in [0.25, 0.3) is 32.8 Å². The number of nitrogens with zero attached hydrogens (tertiary/aromatic N) is 12. The number of nitrogens with one attached hydrogen (secondary N) is 3. The summed E-state index contributed by atoms with van der Waals surface area (Å²) in [6.07, 6.45) is 7.55. The van der Waals surface area contributed by atoms with E-state index in [1.54, 1.807) is 156 Å². The van der Waals surface area contributed by atoms with E-state index in [0.717, 1.165) is 37.9 Å². The van der Waals surface area contributed by atoms with Gasteiger partial charge in [-0.1, -0.05) is 68.8 Å². The lowest BCUT2D eigenvalue weighted by Gasteiger charge is -2.28. The number of hydrogen-bond donors (Lipinski definition) is 6. The number of benzene rings is 7. The van der Waals surface area contributed by atoms with Crippen LogP contribution in [0.2, 0.25) is 0 Å². The van der Waals surface area contributed by atoms with Crippen LogP contribution in [0.15, 0.2) is 183 Å². The average molecular weight is 2060 g/mol. The number of aromatic hydroxyl groups is 1. The van der Waals surface area contributed by atoms with Crippen molar-refractivity contribution >= 4 is 156 Å². The van der Waals surface area contributed by atoms with Crippen LogP contribution in [0.3, 0.4) is 0 Å². The molecule has 7 aromatic carbocycles. The number of amides is 11. The van der Waals surface area contributed by atoms with Crippen molar-refractivity contribution in [3.05, 3.63) is 233 Å². The molecule has 0 saturated carbocycles. The number of halogens is 2. The molecule has 14 rings (SSSR count). The van der Waals surface area contributed by atoms with Crippen LogP contribution < -0.4 is 40.0 Å². The third-order valence-electron chi connectivity index (χ3n) is 25.0. The van der Waals surface area contributed by atoms with E-state index in [-0.39, 0.29) is 206 Å². The first kappa shape index (κ1) is 110. The van der Waals surface area contributed by atoms with Gasteiger partial charge < -0.3 is 107 Å². The zero-order valence-electron chi connectivity index (χ0n) is 84.1. The van der Waals surface area contributed by atoms with Gasteiger partial charge in [-0.2, -0.15) is 0 Å². The fourth-order valence-electron chi connectivity index (χ4n) is 17.7. The molecule has 0 radical (unpaired) electrons. The van der Waals surface area contributed by atoms with E-state index in [1.807, 2.05) is 83.1 Å². The van der Waals surface area contributed by atoms with Crippen LogP contribution in [0.1, 0.15) is 142 Å². The lowest BCUT2D eigenvalue weighted by molar-refractivity contribution is -0.137. The summed E-state index contributed by atoms with van der Waals surface area (Å²) >= 11 is 13.2. The number of aryl methyl sites for hydroxylation is 2. The number of imidazole rings is 2. The van der Waals surface area contributed by atoms with Crippen molar-refractivity contribution in [3.8, 4) is 23.0 Å². The molecule has 0 saturated heterocycles. The van der Waals surface area contributed by atoms with Gasteiger partial charge in [0.2, 0.25) is 5.91 Å². The maximum Gasteiger partial charge on any atom is 0.415 e. The minimum atomic E-state index is -0.773. The lowest BCUT2D eigenvalue weighted by atomic mass is 9.88. The van der Waals surface area contributed by atoms with Crippen molar-refractivity contribution in [2.45, 2.75) is 104 Å². The number of Topliss-reactive ketones (excluding diaryl/α,β-unsaturated/α-hetero) is 1.